The standard InChI is InChI=1S/C28H28N4O4/c1-5-21-12-20-11-19(6-7-23(20)17(2)3)24-15-30-26-25(24)27(32-28(31-26)33-4)36-16-18-10-22(14-29-13-18)35-9-8-34-21/h5-7,10-15,17H,1,8-9,16H2,2-4H3,(H,30,31,32)/b21-12+. The molecule has 0 unspecified atom stereocenters. The van der Waals surface area contributed by atoms with E-state index in [9.17, 15) is 0 Å². The Morgan fingerprint density at radius 1 is 1.08 bits per heavy atom. The van der Waals surface area contributed by atoms with Crippen molar-refractivity contribution in [3.05, 3.63) is 78.0 Å². The van der Waals surface area contributed by atoms with Crippen molar-refractivity contribution in [1.29, 1.82) is 0 Å². The number of aromatic nitrogens is 4. The van der Waals surface area contributed by atoms with Crippen LogP contribution in [-0.2, 0) is 11.3 Å². The van der Waals surface area contributed by atoms with Crippen molar-refractivity contribution in [2.45, 2.75) is 26.4 Å². The van der Waals surface area contributed by atoms with E-state index in [0.29, 0.717) is 42.2 Å². The quantitative estimate of drug-likeness (QED) is 0.401. The van der Waals surface area contributed by atoms with Gasteiger partial charge < -0.3 is 23.9 Å². The van der Waals surface area contributed by atoms with E-state index in [1.165, 1.54) is 12.7 Å². The first-order chi connectivity index (χ1) is 17.6. The van der Waals surface area contributed by atoms with E-state index in [1.807, 2.05) is 18.3 Å². The summed E-state index contributed by atoms with van der Waals surface area (Å²) in [7, 11) is 1.53. The van der Waals surface area contributed by atoms with Gasteiger partial charge in [-0.1, -0.05) is 32.6 Å². The lowest BCUT2D eigenvalue weighted by atomic mass is 9.93. The highest BCUT2D eigenvalue weighted by Gasteiger charge is 2.19. The monoisotopic (exact) mass is 484 g/mol. The van der Waals surface area contributed by atoms with E-state index in [4.69, 9.17) is 18.9 Å². The Kier molecular flexibility index (Phi) is 6.58. The van der Waals surface area contributed by atoms with Crippen molar-refractivity contribution in [1.82, 2.24) is 19.9 Å². The molecule has 4 bridgehead atoms. The minimum atomic E-state index is 0.221. The number of hydrogen-bond acceptors (Lipinski definition) is 7. The number of nitrogens with zero attached hydrogens (tertiary/aromatic N) is 3. The summed E-state index contributed by atoms with van der Waals surface area (Å²) in [5.74, 6) is 2.05. The summed E-state index contributed by atoms with van der Waals surface area (Å²) in [4.78, 5) is 16.5. The molecule has 0 saturated heterocycles. The zero-order valence-corrected chi connectivity index (χ0v) is 20.6. The van der Waals surface area contributed by atoms with Crippen LogP contribution >= 0.6 is 0 Å². The molecule has 5 rings (SSSR count). The van der Waals surface area contributed by atoms with Crippen LogP contribution in [0.5, 0.6) is 17.6 Å². The number of hydrogen-bond donors (Lipinski definition) is 1. The van der Waals surface area contributed by atoms with Gasteiger partial charge in [-0.15, -0.1) is 0 Å². The molecule has 36 heavy (non-hydrogen) atoms. The first-order valence-corrected chi connectivity index (χ1v) is 11.8. The Balaban J connectivity index is 1.70. The number of fused-ring (bicyclic) bond motifs is 5. The van der Waals surface area contributed by atoms with Crippen LogP contribution in [0.1, 0.15) is 36.5 Å². The van der Waals surface area contributed by atoms with Crippen LogP contribution in [0, 0.1) is 0 Å². The third kappa shape index (κ3) is 4.75. The minimum absolute atomic E-state index is 0.221. The molecule has 184 valence electrons. The van der Waals surface area contributed by atoms with Gasteiger partial charge in [-0.25, -0.2) is 0 Å². The van der Waals surface area contributed by atoms with Gasteiger partial charge in [0.2, 0.25) is 5.88 Å². The highest BCUT2D eigenvalue weighted by Crippen LogP contribution is 2.37. The van der Waals surface area contributed by atoms with Crippen molar-refractivity contribution < 1.29 is 18.9 Å². The first-order valence-electron chi connectivity index (χ1n) is 11.8. The summed E-state index contributed by atoms with van der Waals surface area (Å²) >= 11 is 0. The fraction of sp³-hybridized carbons (Fsp3) is 0.250. The normalized spacial score (nSPS) is 15.2. The summed E-state index contributed by atoms with van der Waals surface area (Å²) in [6.07, 6.45) is 9.04. The molecule has 1 aliphatic rings. The van der Waals surface area contributed by atoms with Gasteiger partial charge in [0.15, 0.2) is 0 Å². The zero-order valence-electron chi connectivity index (χ0n) is 20.6. The molecule has 0 atom stereocenters. The first kappa shape index (κ1) is 23.4. The molecule has 8 heteroatoms. The number of nitrogens with one attached hydrogen (secondary N) is 1. The van der Waals surface area contributed by atoms with Crippen molar-refractivity contribution >= 4 is 17.1 Å². The van der Waals surface area contributed by atoms with Gasteiger partial charge in [0, 0.05) is 23.5 Å². The topological polar surface area (TPSA) is 91.4 Å². The Labute approximate surface area is 209 Å². The minimum Gasteiger partial charge on any atom is -0.490 e. The van der Waals surface area contributed by atoms with E-state index < -0.39 is 0 Å². The maximum Gasteiger partial charge on any atom is 0.321 e. The number of rotatable bonds is 3. The van der Waals surface area contributed by atoms with E-state index in [2.05, 4.69) is 58.6 Å². The molecule has 3 aromatic heterocycles. The van der Waals surface area contributed by atoms with Gasteiger partial charge in [-0.3, -0.25) is 4.98 Å². The summed E-state index contributed by atoms with van der Waals surface area (Å²) in [6.45, 7) is 9.26. The van der Waals surface area contributed by atoms with E-state index in [0.717, 1.165) is 27.6 Å². The number of allylic oxidation sites excluding steroid dienone is 1. The fourth-order valence-electron chi connectivity index (χ4n) is 4.20. The Hall–Kier alpha value is -4.33. The molecular formula is C28H28N4O4. The largest absolute Gasteiger partial charge is 0.490 e. The average molecular weight is 485 g/mol. The number of pyridine rings is 1. The average Bonchev–Trinajstić information content (AvgIpc) is 3.32. The van der Waals surface area contributed by atoms with Crippen LogP contribution in [0.4, 0.5) is 0 Å². The SMILES string of the molecule is C=C/C1=C\c2cc(ccc2C(C)C)-c2c[nH]c3nc(OC)nc(c23)OCc2cncc(c2)OCCO1. The third-order valence-electron chi connectivity index (χ3n) is 5.95. The highest BCUT2D eigenvalue weighted by atomic mass is 16.5. The summed E-state index contributed by atoms with van der Waals surface area (Å²) in [5.41, 5.74) is 5.64. The molecule has 4 heterocycles. The molecule has 4 aromatic rings. The van der Waals surface area contributed by atoms with Crippen molar-refractivity contribution in [3.8, 4) is 28.8 Å². The Bertz CT molecular complexity index is 1440. The molecule has 8 nitrogen and oxygen atoms in total. The number of methoxy groups -OCH3 is 1. The van der Waals surface area contributed by atoms with Gasteiger partial charge >= 0.3 is 6.01 Å². The van der Waals surface area contributed by atoms with Crippen LogP contribution in [-0.4, -0.2) is 40.3 Å². The lowest BCUT2D eigenvalue weighted by Crippen LogP contribution is -2.07. The second-order valence-corrected chi connectivity index (χ2v) is 8.71. The summed E-state index contributed by atoms with van der Waals surface area (Å²) < 4.78 is 23.3. The second kappa shape index (κ2) is 10.1. The number of ether oxygens (including phenoxy) is 4. The number of benzene rings is 1. The van der Waals surface area contributed by atoms with Crippen molar-refractivity contribution in [2.24, 2.45) is 0 Å². The maximum absolute atomic E-state index is 6.20. The van der Waals surface area contributed by atoms with Crippen LogP contribution in [0.3, 0.4) is 0 Å². The smallest absolute Gasteiger partial charge is 0.321 e. The molecule has 0 aliphatic carbocycles. The summed E-state index contributed by atoms with van der Waals surface area (Å²) in [5, 5.41) is 0.771. The molecule has 0 radical (unpaired) electrons. The lowest BCUT2D eigenvalue weighted by molar-refractivity contribution is 0.165. The van der Waals surface area contributed by atoms with Crippen molar-refractivity contribution in [3.63, 3.8) is 0 Å². The molecule has 1 aliphatic heterocycles. The van der Waals surface area contributed by atoms with Crippen molar-refractivity contribution in [2.75, 3.05) is 20.3 Å². The van der Waals surface area contributed by atoms with Gasteiger partial charge in [0.1, 0.15) is 37.0 Å². The Morgan fingerprint density at radius 3 is 2.75 bits per heavy atom. The number of aromatic amines is 1. The molecule has 0 amide bonds. The predicted octanol–water partition coefficient (Wildman–Crippen LogP) is 5.67. The van der Waals surface area contributed by atoms with E-state index in [1.54, 1.807) is 18.5 Å². The Morgan fingerprint density at radius 2 is 1.94 bits per heavy atom. The molecule has 1 aromatic carbocycles. The molecule has 0 spiro atoms. The maximum atomic E-state index is 6.20. The number of H-pyrrole nitrogens is 1. The lowest BCUT2D eigenvalue weighted by Gasteiger charge is -2.14. The van der Waals surface area contributed by atoms with E-state index in [-0.39, 0.29) is 12.6 Å². The molecule has 0 fully saturated rings. The second-order valence-electron chi connectivity index (χ2n) is 8.71. The highest BCUT2D eigenvalue weighted by molar-refractivity contribution is 5.97. The molecular weight excluding hydrogens is 456 g/mol. The third-order valence-corrected chi connectivity index (χ3v) is 5.95. The molecule has 0 saturated carbocycles. The summed E-state index contributed by atoms with van der Waals surface area (Å²) in [6, 6.07) is 8.50. The predicted molar refractivity (Wildman–Crippen MR) is 138 cm³/mol. The van der Waals surface area contributed by atoms with Gasteiger partial charge in [0.25, 0.3) is 0 Å². The van der Waals surface area contributed by atoms with Crippen LogP contribution in [0.2, 0.25) is 0 Å². The van der Waals surface area contributed by atoms with Gasteiger partial charge in [-0.2, -0.15) is 9.97 Å². The fourth-order valence-corrected chi connectivity index (χ4v) is 4.20. The van der Waals surface area contributed by atoms with Crippen LogP contribution in [0.15, 0.2) is 61.3 Å². The van der Waals surface area contributed by atoms with Gasteiger partial charge in [-0.05, 0) is 46.9 Å². The van der Waals surface area contributed by atoms with Crippen LogP contribution < -0.4 is 14.2 Å². The van der Waals surface area contributed by atoms with Crippen LogP contribution in [0.25, 0.3) is 28.2 Å². The van der Waals surface area contributed by atoms with E-state index >= 15 is 0 Å². The van der Waals surface area contributed by atoms with Gasteiger partial charge in [0.05, 0.1) is 18.7 Å². The molecule has 1 N–H and O–H groups in total. The zero-order chi connectivity index (χ0) is 25.1.